The van der Waals surface area contributed by atoms with E-state index in [1.807, 2.05) is 0 Å². The highest BCUT2D eigenvalue weighted by Gasteiger charge is 2.24. The third-order valence-electron chi connectivity index (χ3n) is 3.53. The number of nitro groups is 2. The molecule has 1 aromatic heterocycles. The molecule has 2 N–H and O–H groups in total. The standard InChI is InChI=1S/C16H10Cl2N6O4/c17-11-5-2-6-12(13(11)18)22-16-14(24(27)28)15(19-8-20-16)21-9-3-1-4-10(7-9)23(25)26/h1-8H,(H2,19,20,21,22). The van der Waals surface area contributed by atoms with Crippen molar-refractivity contribution in [2.24, 2.45) is 0 Å². The molecule has 3 rings (SSSR count). The van der Waals surface area contributed by atoms with Gasteiger partial charge in [0.05, 0.1) is 25.6 Å². The molecule has 0 fully saturated rings. The SMILES string of the molecule is O=[N+]([O-])c1cccc(Nc2ncnc(Nc3cccc(Cl)c3Cl)c2[N+](=O)[O-])c1. The van der Waals surface area contributed by atoms with Gasteiger partial charge in [-0.25, -0.2) is 9.97 Å². The first-order chi connectivity index (χ1) is 13.4. The van der Waals surface area contributed by atoms with E-state index in [2.05, 4.69) is 20.6 Å². The Balaban J connectivity index is 2.00. The van der Waals surface area contributed by atoms with Gasteiger partial charge in [0.25, 0.3) is 5.69 Å². The molecule has 0 unspecified atom stereocenters. The number of halogens is 2. The summed E-state index contributed by atoms with van der Waals surface area (Å²) in [6.45, 7) is 0. The number of rotatable bonds is 6. The van der Waals surface area contributed by atoms with E-state index in [4.69, 9.17) is 23.2 Å². The summed E-state index contributed by atoms with van der Waals surface area (Å²) in [5.41, 5.74) is -0.0733. The van der Waals surface area contributed by atoms with Crippen LogP contribution in [0, 0.1) is 20.2 Å². The van der Waals surface area contributed by atoms with Crippen LogP contribution < -0.4 is 10.6 Å². The summed E-state index contributed by atoms with van der Waals surface area (Å²) in [5.74, 6) is -0.279. The van der Waals surface area contributed by atoms with Crippen molar-refractivity contribution in [3.63, 3.8) is 0 Å². The molecular weight excluding hydrogens is 411 g/mol. The van der Waals surface area contributed by atoms with E-state index in [0.717, 1.165) is 6.33 Å². The van der Waals surface area contributed by atoms with Gasteiger partial charge in [-0.15, -0.1) is 0 Å². The van der Waals surface area contributed by atoms with Crippen molar-refractivity contribution in [2.75, 3.05) is 10.6 Å². The minimum absolute atomic E-state index is 0.128. The van der Waals surface area contributed by atoms with Crippen LogP contribution in [0.15, 0.2) is 48.8 Å². The van der Waals surface area contributed by atoms with Crippen molar-refractivity contribution in [2.45, 2.75) is 0 Å². The van der Waals surface area contributed by atoms with Crippen LogP contribution in [-0.2, 0) is 0 Å². The van der Waals surface area contributed by atoms with Crippen LogP contribution in [0.5, 0.6) is 0 Å². The zero-order chi connectivity index (χ0) is 20.3. The Kier molecular flexibility index (Phi) is 5.52. The molecule has 28 heavy (non-hydrogen) atoms. The van der Waals surface area contributed by atoms with Gasteiger partial charge in [-0.3, -0.25) is 20.2 Å². The van der Waals surface area contributed by atoms with Crippen LogP contribution >= 0.6 is 23.2 Å². The zero-order valence-electron chi connectivity index (χ0n) is 13.8. The van der Waals surface area contributed by atoms with Gasteiger partial charge in [0.1, 0.15) is 6.33 Å². The maximum absolute atomic E-state index is 11.6. The van der Waals surface area contributed by atoms with E-state index >= 15 is 0 Å². The second-order valence-electron chi connectivity index (χ2n) is 5.34. The van der Waals surface area contributed by atoms with Gasteiger partial charge in [0.15, 0.2) is 0 Å². The van der Waals surface area contributed by atoms with E-state index in [9.17, 15) is 20.2 Å². The molecule has 0 atom stereocenters. The average Bonchev–Trinajstić information content (AvgIpc) is 2.65. The molecule has 3 aromatic rings. The minimum Gasteiger partial charge on any atom is -0.334 e. The van der Waals surface area contributed by atoms with E-state index in [1.165, 1.54) is 24.3 Å². The summed E-state index contributed by atoms with van der Waals surface area (Å²) in [6, 6.07) is 10.2. The molecular formula is C16H10Cl2N6O4. The molecule has 10 nitrogen and oxygen atoms in total. The Morgan fingerprint density at radius 3 is 2.25 bits per heavy atom. The van der Waals surface area contributed by atoms with E-state index in [0.29, 0.717) is 5.69 Å². The number of non-ortho nitro benzene ring substituents is 1. The molecule has 0 aliphatic rings. The normalized spacial score (nSPS) is 10.4. The maximum Gasteiger partial charge on any atom is 0.353 e. The largest absolute Gasteiger partial charge is 0.353 e. The topological polar surface area (TPSA) is 136 Å². The monoisotopic (exact) mass is 420 g/mol. The van der Waals surface area contributed by atoms with Gasteiger partial charge >= 0.3 is 5.69 Å². The van der Waals surface area contributed by atoms with Gasteiger partial charge in [-0.1, -0.05) is 35.3 Å². The summed E-state index contributed by atoms with van der Waals surface area (Å²) in [4.78, 5) is 29.1. The van der Waals surface area contributed by atoms with Gasteiger partial charge in [-0.05, 0) is 18.2 Å². The number of aromatic nitrogens is 2. The van der Waals surface area contributed by atoms with Crippen molar-refractivity contribution in [3.05, 3.63) is 79.1 Å². The molecule has 12 heteroatoms. The third-order valence-corrected chi connectivity index (χ3v) is 4.35. The second kappa shape index (κ2) is 8.03. The van der Waals surface area contributed by atoms with Crippen molar-refractivity contribution < 1.29 is 9.85 Å². The number of benzene rings is 2. The minimum atomic E-state index is -0.680. The molecule has 0 aliphatic heterocycles. The third kappa shape index (κ3) is 4.08. The summed E-state index contributed by atoms with van der Waals surface area (Å²) < 4.78 is 0. The first-order valence-electron chi connectivity index (χ1n) is 7.58. The smallest absolute Gasteiger partial charge is 0.334 e. The fourth-order valence-electron chi connectivity index (χ4n) is 2.30. The molecule has 0 saturated heterocycles. The highest BCUT2D eigenvalue weighted by atomic mass is 35.5. The fraction of sp³-hybridized carbons (Fsp3) is 0. The molecule has 0 saturated carbocycles. The molecule has 0 radical (unpaired) electrons. The Morgan fingerprint density at radius 1 is 0.893 bits per heavy atom. The second-order valence-corrected chi connectivity index (χ2v) is 6.12. The number of nitro benzene ring substituents is 1. The first kappa shape index (κ1) is 19.3. The molecule has 0 spiro atoms. The zero-order valence-corrected chi connectivity index (χ0v) is 15.3. The molecule has 0 bridgehead atoms. The quantitative estimate of drug-likeness (QED) is 0.415. The number of nitrogens with one attached hydrogen (secondary N) is 2. The molecule has 2 aromatic carbocycles. The van der Waals surface area contributed by atoms with Crippen molar-refractivity contribution >= 4 is 57.6 Å². The summed E-state index contributed by atoms with van der Waals surface area (Å²) >= 11 is 12.1. The lowest BCUT2D eigenvalue weighted by atomic mass is 10.2. The highest BCUT2D eigenvalue weighted by molar-refractivity contribution is 6.43. The van der Waals surface area contributed by atoms with Gasteiger partial charge in [0, 0.05) is 17.8 Å². The maximum atomic E-state index is 11.6. The average molecular weight is 421 g/mol. The van der Waals surface area contributed by atoms with Gasteiger partial charge in [-0.2, -0.15) is 0 Å². The highest BCUT2D eigenvalue weighted by Crippen LogP contribution is 2.36. The van der Waals surface area contributed by atoms with Crippen LogP contribution in [0.3, 0.4) is 0 Å². The Bertz CT molecular complexity index is 1080. The number of nitrogens with zero attached hydrogens (tertiary/aromatic N) is 4. The van der Waals surface area contributed by atoms with Crippen molar-refractivity contribution in [1.29, 1.82) is 0 Å². The Hall–Kier alpha value is -3.50. The Labute approximate surface area is 167 Å². The lowest BCUT2D eigenvalue weighted by Crippen LogP contribution is -2.06. The van der Waals surface area contributed by atoms with Crippen LogP contribution in [0.4, 0.5) is 34.4 Å². The van der Waals surface area contributed by atoms with E-state index < -0.39 is 15.5 Å². The molecule has 0 aliphatic carbocycles. The van der Waals surface area contributed by atoms with E-state index in [-0.39, 0.29) is 33.1 Å². The van der Waals surface area contributed by atoms with Crippen LogP contribution in [0.2, 0.25) is 10.0 Å². The molecule has 142 valence electrons. The molecule has 0 amide bonds. The van der Waals surface area contributed by atoms with Crippen LogP contribution in [0.1, 0.15) is 0 Å². The van der Waals surface area contributed by atoms with Gasteiger partial charge < -0.3 is 10.6 Å². The van der Waals surface area contributed by atoms with Crippen LogP contribution in [-0.4, -0.2) is 19.8 Å². The first-order valence-corrected chi connectivity index (χ1v) is 8.34. The van der Waals surface area contributed by atoms with Crippen molar-refractivity contribution in [3.8, 4) is 0 Å². The number of anilines is 4. The summed E-state index contributed by atoms with van der Waals surface area (Å²) in [7, 11) is 0. The Morgan fingerprint density at radius 2 is 1.57 bits per heavy atom. The van der Waals surface area contributed by atoms with E-state index in [1.54, 1.807) is 18.2 Å². The molecule has 1 heterocycles. The number of hydrogen-bond acceptors (Lipinski definition) is 8. The predicted molar refractivity (Wildman–Crippen MR) is 105 cm³/mol. The summed E-state index contributed by atoms with van der Waals surface area (Å²) in [5, 5.41) is 28.4. The predicted octanol–water partition coefficient (Wildman–Crippen LogP) is 5.09. The van der Waals surface area contributed by atoms with Gasteiger partial charge in [0.2, 0.25) is 11.6 Å². The summed E-state index contributed by atoms with van der Waals surface area (Å²) in [6.07, 6.45) is 1.10. The number of hydrogen-bond donors (Lipinski definition) is 2. The van der Waals surface area contributed by atoms with Crippen molar-refractivity contribution in [1.82, 2.24) is 9.97 Å². The lowest BCUT2D eigenvalue weighted by molar-refractivity contribution is -0.384. The van der Waals surface area contributed by atoms with Crippen LogP contribution in [0.25, 0.3) is 0 Å². The fourth-order valence-corrected chi connectivity index (χ4v) is 2.64. The lowest BCUT2D eigenvalue weighted by Gasteiger charge is -2.11.